The van der Waals surface area contributed by atoms with Crippen molar-refractivity contribution < 1.29 is 9.53 Å². The van der Waals surface area contributed by atoms with Crippen molar-refractivity contribution in [3.8, 4) is 11.5 Å². The molecule has 4 rings (SSSR count). The molecule has 0 saturated carbocycles. The molecule has 0 aliphatic carbocycles. The third kappa shape index (κ3) is 4.12. The summed E-state index contributed by atoms with van der Waals surface area (Å²) in [4.78, 5) is 20.7. The number of rotatable bonds is 6. The number of aryl methyl sites for hydroxylation is 1. The Kier molecular flexibility index (Phi) is 5.20. The van der Waals surface area contributed by atoms with Crippen LogP contribution in [0, 0.1) is 0 Å². The van der Waals surface area contributed by atoms with Gasteiger partial charge in [0.1, 0.15) is 22.9 Å². The molecule has 2 aromatic heterocycles. The highest BCUT2D eigenvalue weighted by Crippen LogP contribution is 2.25. The minimum Gasteiger partial charge on any atom is -0.457 e. The third-order valence-electron chi connectivity index (χ3n) is 3.95. The number of ether oxygens (including phenoxy) is 1. The molecule has 140 valence electrons. The maximum absolute atomic E-state index is 12.3. The third-order valence-corrected chi connectivity index (χ3v) is 4.96. The van der Waals surface area contributed by atoms with Crippen LogP contribution in [-0.4, -0.2) is 31.4 Å². The van der Waals surface area contributed by atoms with Crippen LogP contribution in [-0.2, 0) is 11.8 Å². The lowest BCUT2D eigenvalue weighted by atomic mass is 10.3. The smallest absolute Gasteiger partial charge is 0.234 e. The van der Waals surface area contributed by atoms with Gasteiger partial charge in [-0.05, 0) is 36.4 Å². The van der Waals surface area contributed by atoms with E-state index in [9.17, 15) is 4.79 Å². The molecule has 0 aliphatic rings. The molecule has 4 aromatic rings. The number of hydrogen-bond donors (Lipinski definition) is 1. The van der Waals surface area contributed by atoms with Crippen molar-refractivity contribution in [2.45, 2.75) is 5.03 Å². The molecule has 0 radical (unpaired) electrons. The zero-order valence-electron chi connectivity index (χ0n) is 15.1. The minimum atomic E-state index is -0.114. The predicted molar refractivity (Wildman–Crippen MR) is 109 cm³/mol. The molecule has 2 aromatic carbocycles. The summed E-state index contributed by atoms with van der Waals surface area (Å²) >= 11 is 1.35. The lowest BCUT2D eigenvalue weighted by molar-refractivity contribution is -0.113. The van der Waals surface area contributed by atoms with E-state index in [4.69, 9.17) is 4.74 Å². The molecule has 0 bridgehead atoms. The van der Waals surface area contributed by atoms with E-state index in [2.05, 4.69) is 20.4 Å². The summed E-state index contributed by atoms with van der Waals surface area (Å²) in [5, 5.41) is 8.63. The van der Waals surface area contributed by atoms with Crippen LogP contribution in [0.2, 0.25) is 0 Å². The number of para-hydroxylation sites is 1. The molecule has 2 heterocycles. The maximum atomic E-state index is 12.3. The molecule has 0 aliphatic heterocycles. The number of hydrogen-bond acceptors (Lipinski definition) is 6. The molecule has 0 spiro atoms. The zero-order valence-corrected chi connectivity index (χ0v) is 15.9. The molecule has 0 fully saturated rings. The lowest BCUT2D eigenvalue weighted by Gasteiger charge is -2.08. The van der Waals surface area contributed by atoms with Gasteiger partial charge in [0.15, 0.2) is 5.65 Å². The SMILES string of the molecule is Cn1ncc2c(SCC(=O)Nc3ccc(Oc4ccccc4)cc3)ncnc21. The molecule has 28 heavy (non-hydrogen) atoms. The fourth-order valence-corrected chi connectivity index (χ4v) is 3.38. The molecule has 7 nitrogen and oxygen atoms in total. The Labute approximate surface area is 165 Å². The summed E-state index contributed by atoms with van der Waals surface area (Å²) < 4.78 is 7.43. The number of nitrogens with one attached hydrogen (secondary N) is 1. The first-order valence-electron chi connectivity index (χ1n) is 8.57. The number of fused-ring (bicyclic) bond motifs is 1. The molecule has 0 atom stereocenters. The summed E-state index contributed by atoms with van der Waals surface area (Å²) in [6, 6.07) is 16.8. The topological polar surface area (TPSA) is 81.9 Å². The number of benzene rings is 2. The average Bonchev–Trinajstić information content (AvgIpc) is 3.10. The standard InChI is InChI=1S/C20H17N5O2S/c1-25-19-17(11-23-25)20(22-13-21-19)28-12-18(26)24-14-7-9-16(10-8-14)27-15-5-3-2-4-6-15/h2-11,13H,12H2,1H3,(H,24,26). The van der Waals surface area contributed by atoms with Gasteiger partial charge in [0.05, 0.1) is 17.3 Å². The Morgan fingerprint density at radius 2 is 1.82 bits per heavy atom. The number of anilines is 1. The quantitative estimate of drug-likeness (QED) is 0.397. The van der Waals surface area contributed by atoms with Crippen molar-refractivity contribution in [3.63, 3.8) is 0 Å². The van der Waals surface area contributed by atoms with Gasteiger partial charge in [-0.15, -0.1) is 0 Å². The summed E-state index contributed by atoms with van der Waals surface area (Å²) in [5.74, 6) is 1.60. The summed E-state index contributed by atoms with van der Waals surface area (Å²) in [6.45, 7) is 0. The van der Waals surface area contributed by atoms with Gasteiger partial charge in [-0.25, -0.2) is 9.97 Å². The molecule has 0 saturated heterocycles. The summed E-state index contributed by atoms with van der Waals surface area (Å²) in [7, 11) is 1.82. The van der Waals surface area contributed by atoms with Gasteiger partial charge in [-0.2, -0.15) is 5.10 Å². The Bertz CT molecular complexity index is 1100. The number of aromatic nitrogens is 4. The van der Waals surface area contributed by atoms with Crippen LogP contribution < -0.4 is 10.1 Å². The fourth-order valence-electron chi connectivity index (χ4n) is 2.62. The van der Waals surface area contributed by atoms with Crippen molar-refractivity contribution >= 4 is 34.4 Å². The van der Waals surface area contributed by atoms with Gasteiger partial charge < -0.3 is 10.1 Å². The Morgan fingerprint density at radius 1 is 1.07 bits per heavy atom. The van der Waals surface area contributed by atoms with E-state index in [0.717, 1.165) is 21.8 Å². The Hall–Kier alpha value is -3.39. The van der Waals surface area contributed by atoms with Gasteiger partial charge in [-0.3, -0.25) is 9.48 Å². The van der Waals surface area contributed by atoms with Crippen LogP contribution in [0.25, 0.3) is 11.0 Å². The van der Waals surface area contributed by atoms with Crippen LogP contribution in [0.15, 0.2) is 72.1 Å². The first-order chi connectivity index (χ1) is 13.7. The van der Waals surface area contributed by atoms with Gasteiger partial charge in [0, 0.05) is 12.7 Å². The van der Waals surface area contributed by atoms with Gasteiger partial charge in [-0.1, -0.05) is 30.0 Å². The highest BCUT2D eigenvalue weighted by Gasteiger charge is 2.11. The van der Waals surface area contributed by atoms with Gasteiger partial charge in [0.2, 0.25) is 5.91 Å². The van der Waals surface area contributed by atoms with E-state index >= 15 is 0 Å². The van der Waals surface area contributed by atoms with Crippen molar-refractivity contribution in [3.05, 3.63) is 67.1 Å². The lowest BCUT2D eigenvalue weighted by Crippen LogP contribution is -2.14. The molecule has 1 N–H and O–H groups in total. The van der Waals surface area contributed by atoms with Crippen molar-refractivity contribution in [2.75, 3.05) is 11.1 Å². The van der Waals surface area contributed by atoms with Crippen LogP contribution in [0.1, 0.15) is 0 Å². The second-order valence-corrected chi connectivity index (χ2v) is 6.92. The van der Waals surface area contributed by atoms with E-state index in [1.54, 1.807) is 10.9 Å². The minimum absolute atomic E-state index is 0.114. The average molecular weight is 391 g/mol. The first kappa shape index (κ1) is 18.0. The molecule has 1 amide bonds. The number of thioether (sulfide) groups is 1. The predicted octanol–water partition coefficient (Wildman–Crippen LogP) is 3.89. The molecular formula is C20H17N5O2S. The first-order valence-corrected chi connectivity index (χ1v) is 9.56. The van der Waals surface area contributed by atoms with Crippen LogP contribution in [0.5, 0.6) is 11.5 Å². The Morgan fingerprint density at radius 3 is 2.61 bits per heavy atom. The number of carbonyl (C=O) groups excluding carboxylic acids is 1. The van der Waals surface area contributed by atoms with Gasteiger partial charge in [0.25, 0.3) is 0 Å². The van der Waals surface area contributed by atoms with E-state index in [-0.39, 0.29) is 11.7 Å². The monoisotopic (exact) mass is 391 g/mol. The number of carbonyl (C=O) groups is 1. The summed E-state index contributed by atoms with van der Waals surface area (Å²) in [5.41, 5.74) is 1.45. The second kappa shape index (κ2) is 8.10. The van der Waals surface area contributed by atoms with Crippen molar-refractivity contribution in [1.29, 1.82) is 0 Å². The van der Waals surface area contributed by atoms with E-state index < -0.39 is 0 Å². The molecular weight excluding hydrogens is 374 g/mol. The van der Waals surface area contributed by atoms with Crippen LogP contribution in [0.3, 0.4) is 0 Å². The summed E-state index contributed by atoms with van der Waals surface area (Å²) in [6.07, 6.45) is 3.19. The second-order valence-electron chi connectivity index (χ2n) is 5.96. The number of nitrogens with zero attached hydrogens (tertiary/aromatic N) is 4. The zero-order chi connectivity index (χ0) is 19.3. The molecule has 8 heteroatoms. The van der Waals surface area contributed by atoms with E-state index in [1.807, 2.05) is 61.6 Å². The fraction of sp³-hybridized carbons (Fsp3) is 0.100. The van der Waals surface area contributed by atoms with Crippen LogP contribution >= 0.6 is 11.8 Å². The Balaban J connectivity index is 1.34. The highest BCUT2D eigenvalue weighted by atomic mass is 32.2. The van der Waals surface area contributed by atoms with Gasteiger partial charge >= 0.3 is 0 Å². The largest absolute Gasteiger partial charge is 0.457 e. The molecule has 0 unspecified atom stereocenters. The maximum Gasteiger partial charge on any atom is 0.234 e. The van der Waals surface area contributed by atoms with Crippen LogP contribution in [0.4, 0.5) is 5.69 Å². The van der Waals surface area contributed by atoms with Crippen molar-refractivity contribution in [2.24, 2.45) is 7.05 Å². The highest BCUT2D eigenvalue weighted by molar-refractivity contribution is 8.00. The van der Waals surface area contributed by atoms with E-state index in [0.29, 0.717) is 11.4 Å². The van der Waals surface area contributed by atoms with E-state index in [1.165, 1.54) is 18.1 Å². The number of amides is 1. The normalized spacial score (nSPS) is 10.8. The van der Waals surface area contributed by atoms with Crippen molar-refractivity contribution in [1.82, 2.24) is 19.7 Å².